The summed E-state index contributed by atoms with van der Waals surface area (Å²) in [5.74, 6) is 0. The summed E-state index contributed by atoms with van der Waals surface area (Å²) < 4.78 is 0. The van der Waals surface area contributed by atoms with Crippen LogP contribution in [0.5, 0.6) is 0 Å². The minimum absolute atomic E-state index is 0.141. The molecule has 4 N–H and O–H groups in total. The summed E-state index contributed by atoms with van der Waals surface area (Å²) in [6.07, 6.45) is 2.58. The summed E-state index contributed by atoms with van der Waals surface area (Å²) in [5.41, 5.74) is 5.56. The SMILES string of the molecule is CNC1CC(NC(C)N)C1. The molecule has 10 heavy (non-hydrogen) atoms. The van der Waals surface area contributed by atoms with Crippen molar-refractivity contribution in [3.8, 4) is 0 Å². The number of hydrogen-bond donors (Lipinski definition) is 3. The predicted molar refractivity (Wildman–Crippen MR) is 42.7 cm³/mol. The fraction of sp³-hybridized carbons (Fsp3) is 1.00. The number of nitrogens with two attached hydrogens (primary N) is 1. The number of nitrogens with one attached hydrogen (secondary N) is 2. The Morgan fingerprint density at radius 3 is 2.40 bits per heavy atom. The van der Waals surface area contributed by atoms with Gasteiger partial charge in [0.2, 0.25) is 0 Å². The van der Waals surface area contributed by atoms with Crippen LogP contribution < -0.4 is 16.4 Å². The molecular formula is C7H17N3. The lowest BCUT2D eigenvalue weighted by Crippen LogP contribution is -2.54. The van der Waals surface area contributed by atoms with E-state index < -0.39 is 0 Å². The largest absolute Gasteiger partial charge is 0.317 e. The average molecular weight is 143 g/mol. The molecule has 60 valence electrons. The van der Waals surface area contributed by atoms with E-state index >= 15 is 0 Å². The van der Waals surface area contributed by atoms with E-state index in [1.165, 1.54) is 12.8 Å². The molecule has 0 saturated heterocycles. The van der Waals surface area contributed by atoms with Crippen molar-refractivity contribution in [2.75, 3.05) is 7.05 Å². The first-order valence-corrected chi connectivity index (χ1v) is 3.91. The molecule has 0 bridgehead atoms. The normalized spacial score (nSPS) is 35.1. The molecule has 0 aliphatic heterocycles. The van der Waals surface area contributed by atoms with Gasteiger partial charge in [-0.3, -0.25) is 5.32 Å². The molecule has 3 heteroatoms. The lowest BCUT2D eigenvalue weighted by molar-refractivity contribution is 0.245. The topological polar surface area (TPSA) is 50.1 Å². The second kappa shape index (κ2) is 3.32. The van der Waals surface area contributed by atoms with Crippen molar-refractivity contribution in [3.63, 3.8) is 0 Å². The van der Waals surface area contributed by atoms with E-state index in [-0.39, 0.29) is 6.17 Å². The molecule has 1 aliphatic rings. The molecule has 0 radical (unpaired) electrons. The summed E-state index contributed by atoms with van der Waals surface area (Å²) in [5, 5.41) is 6.51. The molecule has 1 rings (SSSR count). The van der Waals surface area contributed by atoms with Crippen molar-refractivity contribution < 1.29 is 0 Å². The smallest absolute Gasteiger partial charge is 0.0519 e. The first-order chi connectivity index (χ1) is 4.72. The third kappa shape index (κ3) is 1.94. The Morgan fingerprint density at radius 1 is 1.40 bits per heavy atom. The molecule has 0 amide bonds. The second-order valence-electron chi connectivity index (χ2n) is 3.11. The third-order valence-corrected chi connectivity index (χ3v) is 2.04. The Bertz CT molecular complexity index is 97.0. The van der Waals surface area contributed by atoms with E-state index in [1.54, 1.807) is 0 Å². The second-order valence-corrected chi connectivity index (χ2v) is 3.11. The molecule has 1 aliphatic carbocycles. The van der Waals surface area contributed by atoms with Gasteiger partial charge in [-0.05, 0) is 26.8 Å². The van der Waals surface area contributed by atoms with Crippen molar-refractivity contribution in [2.45, 2.75) is 38.0 Å². The van der Waals surface area contributed by atoms with Gasteiger partial charge >= 0.3 is 0 Å². The van der Waals surface area contributed by atoms with Gasteiger partial charge in [-0.2, -0.15) is 0 Å². The fourth-order valence-corrected chi connectivity index (χ4v) is 1.36. The third-order valence-electron chi connectivity index (χ3n) is 2.04. The van der Waals surface area contributed by atoms with E-state index in [0.717, 1.165) is 6.04 Å². The molecule has 0 aromatic heterocycles. The van der Waals surface area contributed by atoms with Gasteiger partial charge in [0.15, 0.2) is 0 Å². The van der Waals surface area contributed by atoms with Crippen LogP contribution in [0.15, 0.2) is 0 Å². The summed E-state index contributed by atoms with van der Waals surface area (Å²) >= 11 is 0. The number of hydrogen-bond acceptors (Lipinski definition) is 3. The minimum atomic E-state index is 0.141. The minimum Gasteiger partial charge on any atom is -0.317 e. The van der Waals surface area contributed by atoms with E-state index in [4.69, 9.17) is 5.73 Å². The van der Waals surface area contributed by atoms with Crippen LogP contribution in [-0.2, 0) is 0 Å². The van der Waals surface area contributed by atoms with Gasteiger partial charge in [0, 0.05) is 12.1 Å². The van der Waals surface area contributed by atoms with Crippen LogP contribution in [-0.4, -0.2) is 25.3 Å². The molecular weight excluding hydrogens is 126 g/mol. The van der Waals surface area contributed by atoms with Crippen LogP contribution >= 0.6 is 0 Å². The molecule has 0 aromatic carbocycles. The first kappa shape index (κ1) is 7.98. The quantitative estimate of drug-likeness (QED) is 0.472. The molecule has 1 saturated carbocycles. The van der Waals surface area contributed by atoms with Gasteiger partial charge in [-0.1, -0.05) is 0 Å². The summed E-state index contributed by atoms with van der Waals surface area (Å²) in [4.78, 5) is 0. The van der Waals surface area contributed by atoms with E-state index in [9.17, 15) is 0 Å². The van der Waals surface area contributed by atoms with Crippen molar-refractivity contribution in [2.24, 2.45) is 5.73 Å². The lowest BCUT2D eigenvalue weighted by Gasteiger charge is -2.36. The predicted octanol–water partition coefficient (Wildman–Crippen LogP) is -0.369. The Labute approximate surface area is 62.4 Å². The average Bonchev–Trinajstić information content (AvgIpc) is 1.76. The fourth-order valence-electron chi connectivity index (χ4n) is 1.36. The molecule has 3 nitrogen and oxygen atoms in total. The zero-order valence-electron chi connectivity index (χ0n) is 6.72. The standard InChI is InChI=1S/C7H17N3/c1-5(8)10-7-3-6(4-7)9-2/h5-7,9-10H,3-4,8H2,1-2H3. The Morgan fingerprint density at radius 2 is 2.00 bits per heavy atom. The monoisotopic (exact) mass is 143 g/mol. The first-order valence-electron chi connectivity index (χ1n) is 3.91. The van der Waals surface area contributed by atoms with Crippen molar-refractivity contribution in [1.82, 2.24) is 10.6 Å². The highest BCUT2D eigenvalue weighted by molar-refractivity contribution is 4.89. The van der Waals surface area contributed by atoms with Crippen LogP contribution in [0, 0.1) is 0 Å². The van der Waals surface area contributed by atoms with Gasteiger partial charge in [0.1, 0.15) is 0 Å². The van der Waals surface area contributed by atoms with Crippen LogP contribution in [0.2, 0.25) is 0 Å². The van der Waals surface area contributed by atoms with Crippen molar-refractivity contribution >= 4 is 0 Å². The van der Waals surface area contributed by atoms with Crippen LogP contribution in [0.3, 0.4) is 0 Å². The molecule has 0 spiro atoms. The summed E-state index contributed by atoms with van der Waals surface area (Å²) in [7, 11) is 2.01. The molecule has 1 unspecified atom stereocenters. The molecule has 1 atom stereocenters. The highest BCUT2D eigenvalue weighted by atomic mass is 15.1. The van der Waals surface area contributed by atoms with Gasteiger partial charge in [0.05, 0.1) is 6.17 Å². The van der Waals surface area contributed by atoms with Gasteiger partial charge < -0.3 is 11.1 Å². The number of rotatable bonds is 3. The molecule has 0 aromatic rings. The van der Waals surface area contributed by atoms with Crippen LogP contribution in [0.1, 0.15) is 19.8 Å². The Hall–Kier alpha value is -0.120. The zero-order chi connectivity index (χ0) is 7.56. The Balaban J connectivity index is 2.03. The highest BCUT2D eigenvalue weighted by Gasteiger charge is 2.27. The van der Waals surface area contributed by atoms with E-state index in [1.807, 2.05) is 14.0 Å². The van der Waals surface area contributed by atoms with Gasteiger partial charge in [-0.15, -0.1) is 0 Å². The van der Waals surface area contributed by atoms with E-state index in [2.05, 4.69) is 10.6 Å². The summed E-state index contributed by atoms with van der Waals surface area (Å²) in [6.45, 7) is 1.98. The Kier molecular flexibility index (Phi) is 2.65. The molecule has 1 fully saturated rings. The van der Waals surface area contributed by atoms with Gasteiger partial charge in [0.25, 0.3) is 0 Å². The maximum Gasteiger partial charge on any atom is 0.0519 e. The highest BCUT2D eigenvalue weighted by Crippen LogP contribution is 2.19. The lowest BCUT2D eigenvalue weighted by atomic mass is 9.87. The van der Waals surface area contributed by atoms with Crippen molar-refractivity contribution in [3.05, 3.63) is 0 Å². The van der Waals surface area contributed by atoms with E-state index in [0.29, 0.717) is 6.04 Å². The maximum atomic E-state index is 5.56. The summed E-state index contributed by atoms with van der Waals surface area (Å²) in [6, 6.07) is 1.37. The van der Waals surface area contributed by atoms with Crippen molar-refractivity contribution in [1.29, 1.82) is 0 Å². The maximum absolute atomic E-state index is 5.56. The van der Waals surface area contributed by atoms with Crippen LogP contribution in [0.25, 0.3) is 0 Å². The van der Waals surface area contributed by atoms with Crippen LogP contribution in [0.4, 0.5) is 0 Å². The van der Waals surface area contributed by atoms with Gasteiger partial charge in [-0.25, -0.2) is 0 Å². The molecule has 0 heterocycles. The zero-order valence-corrected chi connectivity index (χ0v) is 6.72.